The number of carbonyl (C=O) groups is 2. The van der Waals surface area contributed by atoms with Crippen LogP contribution >= 0.6 is 0 Å². The average molecular weight is 404 g/mol. The Labute approximate surface area is 174 Å². The molecule has 5 rings (SSSR count). The monoisotopic (exact) mass is 404 g/mol. The van der Waals surface area contributed by atoms with E-state index in [1.54, 1.807) is 30.7 Å². The van der Waals surface area contributed by atoms with Gasteiger partial charge in [0, 0.05) is 37.4 Å². The number of aryl methyl sites for hydroxylation is 1. The first-order valence-electron chi connectivity index (χ1n) is 10.4. The quantitative estimate of drug-likeness (QED) is 0.721. The highest BCUT2D eigenvalue weighted by molar-refractivity contribution is 5.96. The maximum Gasteiger partial charge on any atom is 0.287 e. The molecule has 1 spiro atoms. The molecule has 1 aliphatic carbocycles. The summed E-state index contributed by atoms with van der Waals surface area (Å²) in [4.78, 5) is 35.3. The molecule has 7 heteroatoms. The van der Waals surface area contributed by atoms with E-state index in [4.69, 9.17) is 4.42 Å². The molecule has 1 saturated carbocycles. The highest BCUT2D eigenvalue weighted by Gasteiger charge is 2.54. The predicted octanol–water partition coefficient (Wildman–Crippen LogP) is 3.20. The third-order valence-electron chi connectivity index (χ3n) is 6.59. The number of carbonyl (C=O) groups excluding carboxylic acids is 2. The number of amides is 2. The number of nitrogens with zero attached hydrogens (tertiary/aromatic N) is 3. The van der Waals surface area contributed by atoms with Gasteiger partial charge in [-0.3, -0.25) is 19.6 Å². The molecule has 1 atom stereocenters. The molecule has 0 bridgehead atoms. The number of nitrogens with one attached hydrogen (secondary N) is 1. The lowest BCUT2D eigenvalue weighted by Crippen LogP contribution is -2.40. The maximum atomic E-state index is 12.7. The standard InChI is InChI=1S/C23H24N4O3/c1-15-2-3-18(25-12-15)22(29)27-8-5-23(6-9-27)11-17(23)13-26-21(28)19-10-16-4-7-24-14-20(16)30-19/h2-4,7,10,12,14,17H,5-6,8-9,11,13H2,1H3,(H,26,28). The van der Waals surface area contributed by atoms with Gasteiger partial charge in [0.1, 0.15) is 5.69 Å². The van der Waals surface area contributed by atoms with E-state index in [0.29, 0.717) is 29.5 Å². The van der Waals surface area contributed by atoms with Gasteiger partial charge in [-0.05, 0) is 61.3 Å². The lowest BCUT2D eigenvalue weighted by Gasteiger charge is -2.33. The number of rotatable bonds is 4. The van der Waals surface area contributed by atoms with Gasteiger partial charge in [-0.25, -0.2) is 0 Å². The normalized spacial score (nSPS) is 19.8. The molecule has 2 amide bonds. The second kappa shape index (κ2) is 7.23. The van der Waals surface area contributed by atoms with E-state index in [-0.39, 0.29) is 17.2 Å². The van der Waals surface area contributed by atoms with Crippen molar-refractivity contribution < 1.29 is 14.0 Å². The van der Waals surface area contributed by atoms with Crippen molar-refractivity contribution in [3.05, 3.63) is 59.9 Å². The molecule has 3 aromatic heterocycles. The SMILES string of the molecule is Cc1ccc(C(=O)N2CCC3(CC2)CC3CNC(=O)c2cc3ccncc3o2)nc1. The molecule has 3 aromatic rings. The molecule has 2 fully saturated rings. The minimum atomic E-state index is -0.189. The topological polar surface area (TPSA) is 88.3 Å². The van der Waals surface area contributed by atoms with Crippen LogP contribution in [0.3, 0.4) is 0 Å². The van der Waals surface area contributed by atoms with Crippen LogP contribution in [0.25, 0.3) is 11.0 Å². The van der Waals surface area contributed by atoms with Crippen LogP contribution in [0, 0.1) is 18.3 Å². The Balaban J connectivity index is 1.13. The molecule has 0 aromatic carbocycles. The molecular weight excluding hydrogens is 380 g/mol. The molecule has 154 valence electrons. The zero-order valence-corrected chi connectivity index (χ0v) is 16.9. The van der Waals surface area contributed by atoms with Crippen LogP contribution in [0.15, 0.2) is 47.3 Å². The number of piperidine rings is 1. The zero-order chi connectivity index (χ0) is 20.7. The lowest BCUT2D eigenvalue weighted by atomic mass is 9.90. The molecule has 1 N–H and O–H groups in total. The summed E-state index contributed by atoms with van der Waals surface area (Å²) >= 11 is 0. The smallest absolute Gasteiger partial charge is 0.287 e. The fourth-order valence-corrected chi connectivity index (χ4v) is 4.54. The fourth-order valence-electron chi connectivity index (χ4n) is 4.54. The number of furan rings is 1. The van der Waals surface area contributed by atoms with Crippen molar-refractivity contribution in [2.24, 2.45) is 11.3 Å². The van der Waals surface area contributed by atoms with Crippen LogP contribution in [-0.4, -0.2) is 46.3 Å². The number of fused-ring (bicyclic) bond motifs is 1. The lowest BCUT2D eigenvalue weighted by molar-refractivity contribution is 0.0663. The molecule has 7 nitrogen and oxygen atoms in total. The summed E-state index contributed by atoms with van der Waals surface area (Å²) in [6, 6.07) is 7.29. The third kappa shape index (κ3) is 3.44. The van der Waals surface area contributed by atoms with Crippen LogP contribution in [0.5, 0.6) is 0 Å². The van der Waals surface area contributed by atoms with Crippen LogP contribution in [-0.2, 0) is 0 Å². The van der Waals surface area contributed by atoms with Gasteiger partial charge < -0.3 is 14.6 Å². The van der Waals surface area contributed by atoms with Gasteiger partial charge >= 0.3 is 0 Å². The summed E-state index contributed by atoms with van der Waals surface area (Å²) in [7, 11) is 0. The number of pyridine rings is 2. The van der Waals surface area contributed by atoms with Gasteiger partial charge in [-0.15, -0.1) is 0 Å². The van der Waals surface area contributed by atoms with E-state index in [1.165, 1.54) is 0 Å². The molecule has 1 saturated heterocycles. The summed E-state index contributed by atoms with van der Waals surface area (Å²) < 4.78 is 5.58. The van der Waals surface area contributed by atoms with E-state index in [2.05, 4.69) is 15.3 Å². The number of aromatic nitrogens is 2. The van der Waals surface area contributed by atoms with Crippen molar-refractivity contribution in [1.82, 2.24) is 20.2 Å². The van der Waals surface area contributed by atoms with Crippen LogP contribution < -0.4 is 5.32 Å². The van der Waals surface area contributed by atoms with Crippen LogP contribution in [0.4, 0.5) is 0 Å². The van der Waals surface area contributed by atoms with E-state index < -0.39 is 0 Å². The van der Waals surface area contributed by atoms with Crippen molar-refractivity contribution in [1.29, 1.82) is 0 Å². The molecule has 1 unspecified atom stereocenters. The van der Waals surface area contributed by atoms with Crippen LogP contribution in [0.2, 0.25) is 0 Å². The van der Waals surface area contributed by atoms with Crippen molar-refractivity contribution in [2.75, 3.05) is 19.6 Å². The summed E-state index contributed by atoms with van der Waals surface area (Å²) in [6.07, 6.45) is 8.07. The Morgan fingerprint density at radius 2 is 2.07 bits per heavy atom. The Morgan fingerprint density at radius 1 is 1.23 bits per heavy atom. The second-order valence-electron chi connectivity index (χ2n) is 8.51. The minimum Gasteiger partial charge on any atom is -0.449 e. The van der Waals surface area contributed by atoms with Gasteiger partial charge in [0.25, 0.3) is 11.8 Å². The van der Waals surface area contributed by atoms with Gasteiger partial charge in [-0.1, -0.05) is 6.07 Å². The maximum absolute atomic E-state index is 12.7. The van der Waals surface area contributed by atoms with E-state index in [1.807, 2.05) is 24.0 Å². The second-order valence-corrected chi connectivity index (χ2v) is 8.51. The Bertz CT molecular complexity index is 1060. The Kier molecular flexibility index (Phi) is 4.53. The van der Waals surface area contributed by atoms with Crippen LogP contribution in [0.1, 0.15) is 45.9 Å². The van der Waals surface area contributed by atoms with E-state index in [0.717, 1.165) is 43.3 Å². The van der Waals surface area contributed by atoms with Gasteiger partial charge in [-0.2, -0.15) is 0 Å². The van der Waals surface area contributed by atoms with Gasteiger partial charge in [0.2, 0.25) is 0 Å². The summed E-state index contributed by atoms with van der Waals surface area (Å²) in [5.74, 6) is 0.599. The fraction of sp³-hybridized carbons (Fsp3) is 0.391. The molecule has 2 aliphatic rings. The summed E-state index contributed by atoms with van der Waals surface area (Å²) in [5, 5.41) is 3.89. The van der Waals surface area contributed by atoms with E-state index >= 15 is 0 Å². The first-order chi connectivity index (χ1) is 14.5. The van der Waals surface area contributed by atoms with Gasteiger partial charge in [0.05, 0.1) is 6.20 Å². The minimum absolute atomic E-state index is 0.00901. The molecule has 30 heavy (non-hydrogen) atoms. The first kappa shape index (κ1) is 18.8. The largest absolute Gasteiger partial charge is 0.449 e. The summed E-state index contributed by atoms with van der Waals surface area (Å²) in [6.45, 7) is 4.09. The van der Waals surface area contributed by atoms with Gasteiger partial charge in [0.15, 0.2) is 11.3 Å². The Hall–Kier alpha value is -3.22. The van der Waals surface area contributed by atoms with Crippen molar-refractivity contribution in [3.8, 4) is 0 Å². The number of hydrogen-bond acceptors (Lipinski definition) is 5. The highest BCUT2D eigenvalue weighted by Crippen LogP contribution is 2.59. The third-order valence-corrected chi connectivity index (χ3v) is 6.59. The molecule has 4 heterocycles. The zero-order valence-electron chi connectivity index (χ0n) is 16.9. The summed E-state index contributed by atoms with van der Waals surface area (Å²) in [5.41, 5.74) is 2.43. The molecule has 0 radical (unpaired) electrons. The van der Waals surface area contributed by atoms with Crippen molar-refractivity contribution >= 4 is 22.8 Å². The molecule has 1 aliphatic heterocycles. The number of hydrogen-bond donors (Lipinski definition) is 1. The predicted molar refractivity (Wildman–Crippen MR) is 111 cm³/mol. The highest BCUT2D eigenvalue weighted by atomic mass is 16.3. The van der Waals surface area contributed by atoms with Crippen molar-refractivity contribution in [2.45, 2.75) is 26.2 Å². The number of likely N-dealkylation sites (tertiary alicyclic amines) is 1. The van der Waals surface area contributed by atoms with E-state index in [9.17, 15) is 9.59 Å². The average Bonchev–Trinajstić information content (AvgIpc) is 3.24. The molecular formula is C23H24N4O3. The Morgan fingerprint density at radius 3 is 2.80 bits per heavy atom. The van der Waals surface area contributed by atoms with Crippen molar-refractivity contribution in [3.63, 3.8) is 0 Å². The first-order valence-corrected chi connectivity index (χ1v) is 10.4.